The summed E-state index contributed by atoms with van der Waals surface area (Å²) in [6.07, 6.45) is 4.68. The van der Waals surface area contributed by atoms with E-state index in [1.54, 1.807) is 0 Å². The molecule has 4 aromatic rings. The van der Waals surface area contributed by atoms with Crippen LogP contribution in [0.15, 0.2) is 133 Å². The Bertz CT molecular complexity index is 996. The van der Waals surface area contributed by atoms with Gasteiger partial charge in [0, 0.05) is 0 Å². The molecule has 0 aromatic heterocycles. The van der Waals surface area contributed by atoms with Gasteiger partial charge in [-0.25, -0.2) is 0 Å². The van der Waals surface area contributed by atoms with Gasteiger partial charge in [-0.1, -0.05) is 0 Å². The molecule has 0 radical (unpaired) electrons. The van der Waals surface area contributed by atoms with Gasteiger partial charge in [0.25, 0.3) is 0 Å². The standard InChI is InChI=1S/C12H15O.3C6H5.Sn/c1-3-7-11(2)13-10-12-8-5-4-6-9-12;3*1-2-4-6-5-3-1;/h3-9,11H,1,10H2,2H3;3*1-5H;/b7-3+;;;;/t11-;;;;/m0..../s1. The van der Waals surface area contributed by atoms with Crippen molar-refractivity contribution >= 4 is 29.1 Å². The van der Waals surface area contributed by atoms with Crippen molar-refractivity contribution in [1.82, 2.24) is 0 Å². The maximum absolute atomic E-state index is 6.10. The van der Waals surface area contributed by atoms with Crippen LogP contribution in [0.5, 0.6) is 0 Å². The first-order valence-electron chi connectivity index (χ1n) is 11.3. The third kappa shape index (κ3) is 5.40. The molecule has 32 heavy (non-hydrogen) atoms. The van der Waals surface area contributed by atoms with E-state index in [1.165, 1.54) is 16.3 Å². The summed E-state index contributed by atoms with van der Waals surface area (Å²) in [7, 11) is 0. The summed E-state index contributed by atoms with van der Waals surface area (Å²) in [6, 6.07) is 43.8. The Morgan fingerprint density at radius 3 is 1.47 bits per heavy atom. The molecule has 0 saturated carbocycles. The van der Waals surface area contributed by atoms with Crippen LogP contribution >= 0.6 is 0 Å². The fourth-order valence-corrected chi connectivity index (χ4v) is 17.1. The summed E-state index contributed by atoms with van der Waals surface area (Å²) in [5.74, 6) is 0. The molecule has 0 fully saturated rings. The van der Waals surface area contributed by atoms with Gasteiger partial charge >= 0.3 is 197 Å². The van der Waals surface area contributed by atoms with E-state index in [-0.39, 0.29) is 6.10 Å². The Labute approximate surface area is 196 Å². The molecule has 0 amide bonds. The molecule has 0 heterocycles. The Balaban J connectivity index is 1.64. The van der Waals surface area contributed by atoms with Crippen LogP contribution in [0.3, 0.4) is 0 Å². The van der Waals surface area contributed by atoms with Crippen molar-refractivity contribution in [2.45, 2.75) is 24.1 Å². The zero-order valence-electron chi connectivity index (χ0n) is 18.6. The van der Waals surface area contributed by atoms with E-state index in [4.69, 9.17) is 4.74 Å². The fraction of sp³-hybridized carbons (Fsp3) is 0.133. The van der Waals surface area contributed by atoms with Gasteiger partial charge in [-0.05, 0) is 0 Å². The first kappa shape index (κ1) is 22.6. The number of hydrogen-bond donors (Lipinski definition) is 0. The predicted octanol–water partition coefficient (Wildman–Crippen LogP) is 5.32. The van der Waals surface area contributed by atoms with Gasteiger partial charge < -0.3 is 0 Å². The van der Waals surface area contributed by atoms with Gasteiger partial charge in [0.2, 0.25) is 0 Å². The van der Waals surface area contributed by atoms with Crippen molar-refractivity contribution in [2.24, 2.45) is 0 Å². The Morgan fingerprint density at radius 2 is 1.03 bits per heavy atom. The van der Waals surface area contributed by atoms with Crippen molar-refractivity contribution in [3.8, 4) is 0 Å². The van der Waals surface area contributed by atoms with Crippen LogP contribution in [-0.2, 0) is 11.3 Å². The summed E-state index contributed by atoms with van der Waals surface area (Å²) in [5.41, 5.74) is 1.21. The monoisotopic (exact) mass is 526 g/mol. The predicted molar refractivity (Wildman–Crippen MR) is 139 cm³/mol. The molecule has 0 aliphatic carbocycles. The Hall–Kier alpha value is -2.62. The van der Waals surface area contributed by atoms with Crippen molar-refractivity contribution in [1.29, 1.82) is 0 Å². The fourth-order valence-electron chi connectivity index (χ4n) is 4.32. The molecule has 2 heteroatoms. The van der Waals surface area contributed by atoms with E-state index >= 15 is 0 Å². The molecule has 4 rings (SSSR count). The molecule has 1 nitrogen and oxygen atoms in total. The van der Waals surface area contributed by atoms with Crippen molar-refractivity contribution in [3.63, 3.8) is 0 Å². The van der Waals surface area contributed by atoms with E-state index < -0.39 is 18.4 Å². The first-order valence-corrected chi connectivity index (χ1v) is 17.6. The normalized spacial score (nSPS) is 12.7. The zero-order chi connectivity index (χ0) is 22.1. The van der Waals surface area contributed by atoms with Crippen LogP contribution in [0.2, 0.25) is 4.44 Å². The quantitative estimate of drug-likeness (QED) is 0.213. The Kier molecular flexibility index (Phi) is 7.97. The molecule has 0 aliphatic rings. The molecular weight excluding hydrogens is 495 g/mol. The number of ether oxygens (including phenoxy) is 1. The van der Waals surface area contributed by atoms with Gasteiger partial charge in [0.05, 0.1) is 0 Å². The van der Waals surface area contributed by atoms with Crippen molar-refractivity contribution in [2.75, 3.05) is 0 Å². The van der Waals surface area contributed by atoms with E-state index in [9.17, 15) is 0 Å². The first-order chi connectivity index (χ1) is 15.8. The molecule has 0 unspecified atom stereocenters. The number of hydrogen-bond acceptors (Lipinski definition) is 1. The second-order valence-electron chi connectivity index (χ2n) is 8.14. The van der Waals surface area contributed by atoms with E-state index in [0.717, 1.165) is 4.44 Å². The molecular formula is C30H30OSn. The van der Waals surface area contributed by atoms with Crippen LogP contribution in [-0.4, -0.2) is 24.5 Å². The number of rotatable bonds is 9. The average Bonchev–Trinajstić information content (AvgIpc) is 2.88. The average molecular weight is 525 g/mol. The van der Waals surface area contributed by atoms with Crippen LogP contribution in [0, 0.1) is 0 Å². The SMILES string of the molecule is C[C@@H](/C=C/[CH2][Sn]([c]1ccccc1)([c]1ccccc1)[c]1ccccc1)OCc1ccccc1. The topological polar surface area (TPSA) is 9.23 Å². The van der Waals surface area contributed by atoms with Crippen LogP contribution < -0.4 is 10.7 Å². The van der Waals surface area contributed by atoms with Crippen LogP contribution in [0.1, 0.15) is 12.5 Å². The molecule has 160 valence electrons. The number of benzene rings is 4. The molecule has 0 spiro atoms. The third-order valence-electron chi connectivity index (χ3n) is 5.99. The summed E-state index contributed by atoms with van der Waals surface area (Å²) < 4.78 is 11.7. The molecule has 4 aromatic carbocycles. The second-order valence-corrected chi connectivity index (χ2v) is 19.4. The summed E-state index contributed by atoms with van der Waals surface area (Å²) in [5, 5.41) is 0. The van der Waals surface area contributed by atoms with Crippen molar-refractivity contribution < 1.29 is 4.74 Å². The molecule has 0 saturated heterocycles. The molecule has 0 N–H and O–H groups in total. The Morgan fingerprint density at radius 1 is 0.625 bits per heavy atom. The van der Waals surface area contributed by atoms with Gasteiger partial charge in [0.15, 0.2) is 0 Å². The van der Waals surface area contributed by atoms with Gasteiger partial charge in [-0.2, -0.15) is 0 Å². The molecule has 1 atom stereocenters. The van der Waals surface area contributed by atoms with E-state index in [0.29, 0.717) is 6.61 Å². The minimum absolute atomic E-state index is 0.0708. The van der Waals surface area contributed by atoms with E-state index in [1.807, 2.05) is 6.07 Å². The maximum atomic E-state index is 6.10. The summed E-state index contributed by atoms with van der Waals surface area (Å²) in [4.78, 5) is 0. The summed E-state index contributed by atoms with van der Waals surface area (Å²) >= 11 is -3.22. The van der Waals surface area contributed by atoms with Crippen molar-refractivity contribution in [3.05, 3.63) is 139 Å². The number of allylic oxidation sites excluding steroid dienone is 1. The molecule has 0 aliphatic heterocycles. The van der Waals surface area contributed by atoms with Crippen LogP contribution in [0.4, 0.5) is 0 Å². The van der Waals surface area contributed by atoms with Gasteiger partial charge in [0.1, 0.15) is 0 Å². The zero-order valence-corrected chi connectivity index (χ0v) is 21.5. The second kappa shape index (κ2) is 11.3. The van der Waals surface area contributed by atoms with Gasteiger partial charge in [-0.3, -0.25) is 0 Å². The van der Waals surface area contributed by atoms with Gasteiger partial charge in [-0.15, -0.1) is 0 Å². The minimum atomic E-state index is -3.22. The molecule has 0 bridgehead atoms. The summed E-state index contributed by atoms with van der Waals surface area (Å²) in [6.45, 7) is 2.76. The third-order valence-corrected chi connectivity index (χ3v) is 19.7. The van der Waals surface area contributed by atoms with Crippen LogP contribution in [0.25, 0.3) is 0 Å². The van der Waals surface area contributed by atoms with E-state index in [2.05, 4.69) is 134 Å².